The number of carbonyl (C=O) groups excluding carboxylic acids is 1. The summed E-state index contributed by atoms with van der Waals surface area (Å²) in [5.74, 6) is 0.496. The van der Waals surface area contributed by atoms with Gasteiger partial charge in [0, 0.05) is 19.0 Å². The highest BCUT2D eigenvalue weighted by atomic mass is 16.2. The third kappa shape index (κ3) is 3.24. The zero-order valence-electron chi connectivity index (χ0n) is 8.76. The number of hydrogen-bond acceptors (Lipinski definition) is 1. The molecule has 0 saturated carbocycles. The molecule has 1 aliphatic heterocycles. The molecule has 1 amide bonds. The molecule has 0 aromatic rings. The van der Waals surface area contributed by atoms with Crippen molar-refractivity contribution >= 4 is 5.91 Å². The molecule has 0 radical (unpaired) electrons. The first kappa shape index (κ1) is 11.5. The predicted molar refractivity (Wildman–Crippen MR) is 52.0 cm³/mol. The van der Waals surface area contributed by atoms with Crippen LogP contribution in [0.1, 0.15) is 40.5 Å². The van der Waals surface area contributed by atoms with Gasteiger partial charge in [0.25, 0.3) is 0 Å². The van der Waals surface area contributed by atoms with E-state index in [1.165, 1.54) is 12.8 Å². The second-order valence-corrected chi connectivity index (χ2v) is 3.19. The highest BCUT2D eigenvalue weighted by molar-refractivity contribution is 5.78. The average molecular weight is 171 g/mol. The van der Waals surface area contributed by atoms with E-state index >= 15 is 0 Å². The molecule has 0 unspecified atom stereocenters. The Morgan fingerprint density at radius 1 is 1.17 bits per heavy atom. The number of likely N-dealkylation sites (tertiary alicyclic amines) is 1. The van der Waals surface area contributed by atoms with E-state index in [4.69, 9.17) is 0 Å². The van der Waals surface area contributed by atoms with Crippen molar-refractivity contribution in [3.05, 3.63) is 0 Å². The molecule has 2 heteroatoms. The van der Waals surface area contributed by atoms with Crippen molar-refractivity contribution in [1.82, 2.24) is 4.90 Å². The number of nitrogens with zero attached hydrogens (tertiary/aromatic N) is 1. The van der Waals surface area contributed by atoms with Gasteiger partial charge in [0.2, 0.25) is 5.91 Å². The first-order valence-corrected chi connectivity index (χ1v) is 5.00. The van der Waals surface area contributed by atoms with Gasteiger partial charge in [-0.15, -0.1) is 0 Å². The third-order valence-corrected chi connectivity index (χ3v) is 1.91. The van der Waals surface area contributed by atoms with Gasteiger partial charge in [0.05, 0.1) is 0 Å². The maximum absolute atomic E-state index is 11.3. The molecule has 0 aliphatic carbocycles. The van der Waals surface area contributed by atoms with Crippen molar-refractivity contribution in [2.24, 2.45) is 5.92 Å². The molecule has 1 heterocycles. The topological polar surface area (TPSA) is 20.3 Å². The van der Waals surface area contributed by atoms with Crippen LogP contribution < -0.4 is 0 Å². The van der Waals surface area contributed by atoms with E-state index < -0.39 is 0 Å². The van der Waals surface area contributed by atoms with Gasteiger partial charge >= 0.3 is 0 Å². The van der Waals surface area contributed by atoms with Crippen molar-refractivity contribution in [2.75, 3.05) is 13.1 Å². The zero-order valence-corrected chi connectivity index (χ0v) is 8.76. The van der Waals surface area contributed by atoms with Gasteiger partial charge in [-0.1, -0.05) is 27.7 Å². The van der Waals surface area contributed by atoms with Gasteiger partial charge < -0.3 is 4.90 Å². The minimum atomic E-state index is 0.179. The van der Waals surface area contributed by atoms with Crippen LogP contribution in [0.25, 0.3) is 0 Å². The Morgan fingerprint density at radius 3 is 1.92 bits per heavy atom. The lowest BCUT2D eigenvalue weighted by atomic mass is 10.2. The zero-order chi connectivity index (χ0) is 9.56. The molecule has 1 rings (SSSR count). The summed E-state index contributed by atoms with van der Waals surface area (Å²) in [5, 5.41) is 0. The molecule has 0 spiro atoms. The van der Waals surface area contributed by atoms with Gasteiger partial charge in [0.15, 0.2) is 0 Å². The second kappa shape index (κ2) is 6.04. The van der Waals surface area contributed by atoms with Crippen molar-refractivity contribution in [3.63, 3.8) is 0 Å². The van der Waals surface area contributed by atoms with Crippen LogP contribution in [0.4, 0.5) is 0 Å². The maximum atomic E-state index is 11.3. The summed E-state index contributed by atoms with van der Waals surface area (Å²) in [4.78, 5) is 13.2. The van der Waals surface area contributed by atoms with Crippen LogP contribution in [-0.4, -0.2) is 23.9 Å². The van der Waals surface area contributed by atoms with Gasteiger partial charge in [0.1, 0.15) is 0 Å². The van der Waals surface area contributed by atoms with Gasteiger partial charge in [-0.05, 0) is 12.8 Å². The highest BCUT2D eigenvalue weighted by Crippen LogP contribution is 2.10. The van der Waals surface area contributed by atoms with Gasteiger partial charge in [-0.3, -0.25) is 4.79 Å². The molecule has 2 nitrogen and oxygen atoms in total. The minimum absolute atomic E-state index is 0.179. The third-order valence-electron chi connectivity index (χ3n) is 1.91. The van der Waals surface area contributed by atoms with Gasteiger partial charge in [-0.25, -0.2) is 0 Å². The SMILES string of the molecule is CC.CC(C)C(=O)N1CCCC1. The number of carbonyl (C=O) groups is 1. The molecule has 0 N–H and O–H groups in total. The van der Waals surface area contributed by atoms with E-state index in [9.17, 15) is 4.79 Å². The Balaban J connectivity index is 0.000000561. The fourth-order valence-electron chi connectivity index (χ4n) is 1.30. The Morgan fingerprint density at radius 2 is 1.58 bits per heavy atom. The molecule has 0 atom stereocenters. The Kier molecular flexibility index (Phi) is 5.77. The number of amides is 1. The summed E-state index contributed by atoms with van der Waals surface area (Å²) >= 11 is 0. The van der Waals surface area contributed by atoms with E-state index in [0.717, 1.165) is 13.1 Å². The Bertz CT molecular complexity index is 126. The van der Waals surface area contributed by atoms with E-state index in [1.807, 2.05) is 32.6 Å². The predicted octanol–water partition coefficient (Wildman–Crippen LogP) is 2.29. The molecule has 12 heavy (non-hydrogen) atoms. The fraction of sp³-hybridized carbons (Fsp3) is 0.900. The summed E-state index contributed by atoms with van der Waals surface area (Å²) in [6.45, 7) is 9.88. The maximum Gasteiger partial charge on any atom is 0.225 e. The van der Waals surface area contributed by atoms with Crippen molar-refractivity contribution in [2.45, 2.75) is 40.5 Å². The molecule has 72 valence electrons. The second-order valence-electron chi connectivity index (χ2n) is 3.19. The first-order valence-electron chi connectivity index (χ1n) is 5.00. The quantitative estimate of drug-likeness (QED) is 0.592. The van der Waals surface area contributed by atoms with Crippen LogP contribution in [0.5, 0.6) is 0 Å². The normalized spacial score (nSPS) is 15.9. The molecule has 0 bridgehead atoms. The van der Waals surface area contributed by atoms with Crippen molar-refractivity contribution in [3.8, 4) is 0 Å². The average Bonchev–Trinajstić information content (AvgIpc) is 2.58. The number of hydrogen-bond donors (Lipinski definition) is 0. The minimum Gasteiger partial charge on any atom is -0.342 e. The van der Waals surface area contributed by atoms with Crippen LogP contribution in [0, 0.1) is 5.92 Å². The molecular weight excluding hydrogens is 150 g/mol. The van der Waals surface area contributed by atoms with E-state index in [2.05, 4.69) is 0 Å². The van der Waals surface area contributed by atoms with Crippen LogP contribution in [-0.2, 0) is 4.79 Å². The van der Waals surface area contributed by atoms with Crippen LogP contribution in [0.15, 0.2) is 0 Å². The van der Waals surface area contributed by atoms with Crippen molar-refractivity contribution in [1.29, 1.82) is 0 Å². The van der Waals surface area contributed by atoms with E-state index in [1.54, 1.807) is 0 Å². The molecule has 1 aliphatic rings. The Labute approximate surface area is 75.9 Å². The molecular formula is C10H21NO. The van der Waals surface area contributed by atoms with E-state index in [0.29, 0.717) is 5.91 Å². The molecule has 0 aromatic carbocycles. The smallest absolute Gasteiger partial charge is 0.225 e. The van der Waals surface area contributed by atoms with Crippen molar-refractivity contribution < 1.29 is 4.79 Å². The lowest BCUT2D eigenvalue weighted by Crippen LogP contribution is -2.31. The lowest BCUT2D eigenvalue weighted by Gasteiger charge is -2.17. The van der Waals surface area contributed by atoms with Crippen LogP contribution in [0.3, 0.4) is 0 Å². The van der Waals surface area contributed by atoms with Crippen LogP contribution in [0.2, 0.25) is 0 Å². The first-order chi connectivity index (χ1) is 5.72. The van der Waals surface area contributed by atoms with Gasteiger partial charge in [-0.2, -0.15) is 0 Å². The monoisotopic (exact) mass is 171 g/mol. The lowest BCUT2D eigenvalue weighted by molar-refractivity contribution is -0.133. The Hall–Kier alpha value is -0.530. The molecule has 1 saturated heterocycles. The standard InChI is InChI=1S/C8H15NO.C2H6/c1-7(2)8(10)9-5-3-4-6-9;1-2/h7H,3-6H2,1-2H3;1-2H3. The number of rotatable bonds is 1. The summed E-state index contributed by atoms with van der Waals surface area (Å²) in [6.07, 6.45) is 2.39. The largest absolute Gasteiger partial charge is 0.342 e. The summed E-state index contributed by atoms with van der Waals surface area (Å²) in [7, 11) is 0. The van der Waals surface area contributed by atoms with Crippen LogP contribution >= 0.6 is 0 Å². The molecule has 1 fully saturated rings. The summed E-state index contributed by atoms with van der Waals surface area (Å²) < 4.78 is 0. The fourth-order valence-corrected chi connectivity index (χ4v) is 1.30. The summed E-state index contributed by atoms with van der Waals surface area (Å²) in [6, 6.07) is 0. The highest BCUT2D eigenvalue weighted by Gasteiger charge is 2.19. The molecule has 0 aromatic heterocycles. The summed E-state index contributed by atoms with van der Waals surface area (Å²) in [5.41, 5.74) is 0. The van der Waals surface area contributed by atoms with E-state index in [-0.39, 0.29) is 5.92 Å².